The fourth-order valence-corrected chi connectivity index (χ4v) is 1.08. The third kappa shape index (κ3) is 1.42. The van der Waals surface area contributed by atoms with Gasteiger partial charge in [-0.2, -0.15) is 0 Å². The fraction of sp³-hybridized carbons (Fsp3) is 0.833. The predicted molar refractivity (Wildman–Crippen MR) is 32.8 cm³/mol. The molecule has 9 heavy (non-hydrogen) atoms. The summed E-state index contributed by atoms with van der Waals surface area (Å²) in [6, 6.07) is 0. The van der Waals surface area contributed by atoms with Crippen LogP contribution in [0.5, 0.6) is 0 Å². The average Bonchev–Trinajstić information content (AvgIpc) is 2.18. The number of rotatable bonds is 2. The van der Waals surface area contributed by atoms with Gasteiger partial charge in [0.15, 0.2) is 0 Å². The highest BCUT2D eigenvalue weighted by Gasteiger charge is 2.22. The van der Waals surface area contributed by atoms with Crippen molar-refractivity contribution in [3.63, 3.8) is 0 Å². The minimum Gasteiger partial charge on any atom is -0.396 e. The average molecular weight is 129 g/mol. The van der Waals surface area contributed by atoms with Crippen molar-refractivity contribution in [1.29, 1.82) is 0 Å². The summed E-state index contributed by atoms with van der Waals surface area (Å²) in [7, 11) is 0. The minimum atomic E-state index is 0.0787. The highest BCUT2D eigenvalue weighted by molar-refractivity contribution is 5.80. The SMILES string of the molecule is O=C1NCC[C@@H]1CCO. The monoisotopic (exact) mass is 129 g/mol. The summed E-state index contributed by atoms with van der Waals surface area (Å²) in [4.78, 5) is 10.7. The molecule has 3 heteroatoms. The number of hydrogen-bond acceptors (Lipinski definition) is 2. The van der Waals surface area contributed by atoms with Crippen molar-refractivity contribution in [1.82, 2.24) is 5.32 Å². The molecule has 0 spiro atoms. The van der Waals surface area contributed by atoms with Gasteiger partial charge in [0.25, 0.3) is 0 Å². The summed E-state index contributed by atoms with van der Waals surface area (Å²) in [5.41, 5.74) is 0. The number of aliphatic hydroxyl groups excluding tert-OH is 1. The number of nitrogens with one attached hydrogen (secondary N) is 1. The summed E-state index contributed by atoms with van der Waals surface area (Å²) in [5, 5.41) is 11.2. The Bertz CT molecular complexity index is 114. The molecule has 0 unspecified atom stereocenters. The van der Waals surface area contributed by atoms with Gasteiger partial charge in [0.2, 0.25) is 5.91 Å². The molecule has 3 nitrogen and oxygen atoms in total. The van der Waals surface area contributed by atoms with E-state index in [4.69, 9.17) is 5.11 Å². The van der Waals surface area contributed by atoms with Crippen LogP contribution in [0, 0.1) is 5.92 Å². The molecule has 2 N–H and O–H groups in total. The van der Waals surface area contributed by atoms with Crippen LogP contribution in [0.25, 0.3) is 0 Å². The second-order valence-corrected chi connectivity index (χ2v) is 2.29. The molecule has 1 aliphatic rings. The molecular formula is C6H11NO2. The molecule has 1 fully saturated rings. The molecule has 0 aromatic rings. The zero-order valence-corrected chi connectivity index (χ0v) is 5.26. The highest BCUT2D eigenvalue weighted by Crippen LogP contribution is 2.12. The van der Waals surface area contributed by atoms with Crippen LogP contribution >= 0.6 is 0 Å². The van der Waals surface area contributed by atoms with Gasteiger partial charge in [0, 0.05) is 19.1 Å². The number of aliphatic hydroxyl groups is 1. The van der Waals surface area contributed by atoms with E-state index in [9.17, 15) is 4.79 Å². The largest absolute Gasteiger partial charge is 0.396 e. The van der Waals surface area contributed by atoms with Crippen LogP contribution in [-0.2, 0) is 4.79 Å². The Labute approximate surface area is 54.1 Å². The van der Waals surface area contributed by atoms with Crippen molar-refractivity contribution in [3.8, 4) is 0 Å². The fourth-order valence-electron chi connectivity index (χ4n) is 1.08. The lowest BCUT2D eigenvalue weighted by molar-refractivity contribution is -0.122. The van der Waals surface area contributed by atoms with E-state index in [1.165, 1.54) is 0 Å². The van der Waals surface area contributed by atoms with Crippen LogP contribution in [0.15, 0.2) is 0 Å². The van der Waals surface area contributed by atoms with Crippen molar-refractivity contribution in [2.24, 2.45) is 5.92 Å². The van der Waals surface area contributed by atoms with Crippen LogP contribution in [0.2, 0.25) is 0 Å². The lowest BCUT2D eigenvalue weighted by Crippen LogP contribution is -2.19. The molecule has 1 aliphatic heterocycles. The second kappa shape index (κ2) is 2.82. The zero-order valence-electron chi connectivity index (χ0n) is 5.26. The Morgan fingerprint density at radius 1 is 1.78 bits per heavy atom. The van der Waals surface area contributed by atoms with E-state index in [0.29, 0.717) is 6.42 Å². The predicted octanol–water partition coefficient (Wildman–Crippen LogP) is -0.495. The summed E-state index contributed by atoms with van der Waals surface area (Å²) in [6.45, 7) is 0.904. The molecule has 1 heterocycles. The number of carbonyl (C=O) groups excluding carboxylic acids is 1. The Balaban J connectivity index is 2.31. The van der Waals surface area contributed by atoms with Gasteiger partial charge in [-0.25, -0.2) is 0 Å². The van der Waals surface area contributed by atoms with E-state index in [1.54, 1.807) is 0 Å². The lowest BCUT2D eigenvalue weighted by Gasteiger charge is -2.00. The molecule has 0 saturated carbocycles. The highest BCUT2D eigenvalue weighted by atomic mass is 16.3. The van der Waals surface area contributed by atoms with Crippen LogP contribution in [0.4, 0.5) is 0 Å². The first-order valence-electron chi connectivity index (χ1n) is 3.23. The molecule has 1 saturated heterocycles. The van der Waals surface area contributed by atoms with Gasteiger partial charge < -0.3 is 10.4 Å². The third-order valence-electron chi connectivity index (χ3n) is 1.64. The van der Waals surface area contributed by atoms with Gasteiger partial charge in [-0.1, -0.05) is 0 Å². The topological polar surface area (TPSA) is 49.3 Å². The van der Waals surface area contributed by atoms with E-state index in [0.717, 1.165) is 13.0 Å². The van der Waals surface area contributed by atoms with E-state index in [1.807, 2.05) is 0 Å². The van der Waals surface area contributed by atoms with Gasteiger partial charge in [-0.15, -0.1) is 0 Å². The van der Waals surface area contributed by atoms with Gasteiger partial charge >= 0.3 is 0 Å². The first kappa shape index (κ1) is 6.55. The van der Waals surface area contributed by atoms with Gasteiger partial charge in [-0.05, 0) is 12.8 Å². The smallest absolute Gasteiger partial charge is 0.223 e. The first-order chi connectivity index (χ1) is 4.34. The molecule has 1 rings (SSSR count). The molecule has 0 radical (unpaired) electrons. The van der Waals surface area contributed by atoms with Crippen molar-refractivity contribution < 1.29 is 9.90 Å². The van der Waals surface area contributed by atoms with Crippen LogP contribution < -0.4 is 5.32 Å². The lowest BCUT2D eigenvalue weighted by atomic mass is 10.1. The molecular weight excluding hydrogens is 118 g/mol. The van der Waals surface area contributed by atoms with Crippen LogP contribution in [0.3, 0.4) is 0 Å². The number of carbonyl (C=O) groups is 1. The van der Waals surface area contributed by atoms with Gasteiger partial charge in [0.05, 0.1) is 0 Å². The maximum atomic E-state index is 10.7. The van der Waals surface area contributed by atoms with E-state index < -0.39 is 0 Å². The van der Waals surface area contributed by atoms with Crippen LogP contribution in [0.1, 0.15) is 12.8 Å². The number of hydrogen-bond donors (Lipinski definition) is 2. The van der Waals surface area contributed by atoms with Crippen molar-refractivity contribution in [3.05, 3.63) is 0 Å². The minimum absolute atomic E-state index is 0.0787. The second-order valence-electron chi connectivity index (χ2n) is 2.29. The summed E-state index contributed by atoms with van der Waals surface area (Å²) in [5.74, 6) is 0.180. The van der Waals surface area contributed by atoms with Crippen LogP contribution in [-0.4, -0.2) is 24.2 Å². The third-order valence-corrected chi connectivity index (χ3v) is 1.64. The summed E-state index contributed by atoms with van der Waals surface area (Å²) >= 11 is 0. The molecule has 0 aliphatic carbocycles. The standard InChI is InChI=1S/C6H11NO2/c8-4-2-5-1-3-7-6(5)9/h5,8H,1-4H2,(H,7,9)/t5-/m1/s1. The molecule has 1 atom stereocenters. The Morgan fingerprint density at radius 3 is 3.00 bits per heavy atom. The van der Waals surface area contributed by atoms with Crippen molar-refractivity contribution in [2.45, 2.75) is 12.8 Å². The Hall–Kier alpha value is -0.570. The molecule has 0 aromatic heterocycles. The molecule has 1 amide bonds. The summed E-state index contributed by atoms with van der Waals surface area (Å²) < 4.78 is 0. The first-order valence-corrected chi connectivity index (χ1v) is 3.23. The van der Waals surface area contributed by atoms with E-state index in [-0.39, 0.29) is 18.4 Å². The van der Waals surface area contributed by atoms with E-state index >= 15 is 0 Å². The zero-order chi connectivity index (χ0) is 6.69. The van der Waals surface area contributed by atoms with Crippen molar-refractivity contribution in [2.75, 3.05) is 13.2 Å². The Kier molecular flexibility index (Phi) is 2.05. The van der Waals surface area contributed by atoms with Crippen molar-refractivity contribution >= 4 is 5.91 Å². The normalized spacial score (nSPS) is 26.3. The van der Waals surface area contributed by atoms with E-state index in [2.05, 4.69) is 5.32 Å². The molecule has 52 valence electrons. The maximum absolute atomic E-state index is 10.7. The number of amides is 1. The molecule has 0 aromatic carbocycles. The van der Waals surface area contributed by atoms with Gasteiger partial charge in [0.1, 0.15) is 0 Å². The quantitative estimate of drug-likeness (QED) is 0.528. The van der Waals surface area contributed by atoms with Gasteiger partial charge in [-0.3, -0.25) is 4.79 Å². The maximum Gasteiger partial charge on any atom is 0.223 e. The Morgan fingerprint density at radius 2 is 2.56 bits per heavy atom. The molecule has 0 bridgehead atoms. The summed E-state index contributed by atoms with van der Waals surface area (Å²) in [6.07, 6.45) is 1.51.